The van der Waals surface area contributed by atoms with Crippen LogP contribution >= 0.6 is 15.9 Å². The first-order chi connectivity index (χ1) is 13.6. The van der Waals surface area contributed by atoms with E-state index in [1.807, 2.05) is 12.1 Å². The molecule has 0 saturated carbocycles. The number of rotatable bonds is 8. The first-order valence-electron chi connectivity index (χ1n) is 9.37. The molecule has 3 rings (SSSR count). The summed E-state index contributed by atoms with van der Waals surface area (Å²) in [5, 5.41) is 3.51. The Bertz CT molecular complexity index is 905. The van der Waals surface area contributed by atoms with E-state index in [1.165, 1.54) is 16.7 Å². The average Bonchev–Trinajstić information content (AvgIpc) is 2.70. The molecule has 0 aliphatic carbocycles. The van der Waals surface area contributed by atoms with Crippen molar-refractivity contribution < 1.29 is 9.47 Å². The van der Waals surface area contributed by atoms with E-state index in [0.29, 0.717) is 13.2 Å². The molecule has 0 saturated heterocycles. The van der Waals surface area contributed by atoms with Gasteiger partial charge in [-0.2, -0.15) is 0 Å². The van der Waals surface area contributed by atoms with Gasteiger partial charge in [0.1, 0.15) is 6.61 Å². The van der Waals surface area contributed by atoms with Gasteiger partial charge in [-0.15, -0.1) is 0 Å². The minimum absolute atomic E-state index is 0.498. The molecule has 0 aromatic heterocycles. The summed E-state index contributed by atoms with van der Waals surface area (Å²) in [6.07, 6.45) is 0. The monoisotopic (exact) mass is 439 g/mol. The Labute approximate surface area is 175 Å². The molecule has 0 aliphatic rings. The summed E-state index contributed by atoms with van der Waals surface area (Å²) in [4.78, 5) is 0. The number of hydrogen-bond donors (Lipinski definition) is 1. The third kappa shape index (κ3) is 5.37. The van der Waals surface area contributed by atoms with E-state index in [9.17, 15) is 0 Å². The Morgan fingerprint density at radius 1 is 0.786 bits per heavy atom. The van der Waals surface area contributed by atoms with Gasteiger partial charge in [-0.3, -0.25) is 0 Å². The van der Waals surface area contributed by atoms with E-state index in [-0.39, 0.29) is 0 Å². The molecule has 1 N–H and O–H groups in total. The molecule has 0 heterocycles. The Hall–Kier alpha value is -2.30. The van der Waals surface area contributed by atoms with Crippen molar-refractivity contribution in [3.63, 3.8) is 0 Å². The summed E-state index contributed by atoms with van der Waals surface area (Å²) in [7, 11) is 1.67. The van der Waals surface area contributed by atoms with Crippen molar-refractivity contribution in [1.82, 2.24) is 5.32 Å². The topological polar surface area (TPSA) is 30.5 Å². The summed E-state index contributed by atoms with van der Waals surface area (Å²) in [6.45, 7) is 6.15. The van der Waals surface area contributed by atoms with Crippen LogP contribution in [0.25, 0.3) is 0 Å². The van der Waals surface area contributed by atoms with Crippen molar-refractivity contribution in [3.8, 4) is 11.5 Å². The maximum Gasteiger partial charge on any atom is 0.167 e. The van der Waals surface area contributed by atoms with Gasteiger partial charge in [0.05, 0.1) is 7.11 Å². The van der Waals surface area contributed by atoms with E-state index in [1.54, 1.807) is 7.11 Å². The molecular formula is C24H26BrNO2. The fourth-order valence-electron chi connectivity index (χ4n) is 2.94. The van der Waals surface area contributed by atoms with Gasteiger partial charge in [0, 0.05) is 23.1 Å². The minimum atomic E-state index is 0.498. The van der Waals surface area contributed by atoms with E-state index in [4.69, 9.17) is 9.47 Å². The molecule has 0 atom stereocenters. The highest BCUT2D eigenvalue weighted by molar-refractivity contribution is 9.10. The summed E-state index contributed by atoms with van der Waals surface area (Å²) < 4.78 is 12.7. The predicted octanol–water partition coefficient (Wildman–Crippen LogP) is 5.94. The van der Waals surface area contributed by atoms with Gasteiger partial charge < -0.3 is 14.8 Å². The lowest BCUT2D eigenvalue weighted by Gasteiger charge is -2.17. The smallest absolute Gasteiger partial charge is 0.167 e. The summed E-state index contributed by atoms with van der Waals surface area (Å²) in [5.41, 5.74) is 5.95. The van der Waals surface area contributed by atoms with Gasteiger partial charge in [-0.05, 0) is 37.1 Å². The molecule has 146 valence electrons. The number of benzene rings is 3. The molecule has 28 heavy (non-hydrogen) atoms. The van der Waals surface area contributed by atoms with E-state index in [2.05, 4.69) is 83.6 Å². The fraction of sp³-hybridized carbons (Fsp3) is 0.250. The van der Waals surface area contributed by atoms with E-state index >= 15 is 0 Å². The van der Waals surface area contributed by atoms with E-state index < -0.39 is 0 Å². The third-order valence-corrected chi connectivity index (χ3v) is 5.39. The number of hydrogen-bond acceptors (Lipinski definition) is 3. The lowest BCUT2D eigenvalue weighted by molar-refractivity contribution is 0.280. The first-order valence-corrected chi connectivity index (χ1v) is 10.2. The zero-order valence-electron chi connectivity index (χ0n) is 16.6. The standard InChI is InChI=1S/C24H26BrNO2/c1-17-4-8-19(9-5-17)14-26-15-21-22(25)12-13-23(27-3)24(21)28-16-20-10-6-18(2)7-11-20/h4-13,26H,14-16H2,1-3H3. The van der Waals surface area contributed by atoms with Crippen LogP contribution in [0.3, 0.4) is 0 Å². The van der Waals surface area contributed by atoms with Gasteiger partial charge in [0.2, 0.25) is 0 Å². The normalized spacial score (nSPS) is 10.7. The van der Waals surface area contributed by atoms with Crippen molar-refractivity contribution in [2.24, 2.45) is 0 Å². The lowest BCUT2D eigenvalue weighted by atomic mass is 10.1. The summed E-state index contributed by atoms with van der Waals surface area (Å²) in [5.74, 6) is 1.51. The highest BCUT2D eigenvalue weighted by Gasteiger charge is 2.15. The van der Waals surface area contributed by atoms with Gasteiger partial charge in [-0.25, -0.2) is 0 Å². The highest BCUT2D eigenvalue weighted by Crippen LogP contribution is 2.36. The maximum absolute atomic E-state index is 6.19. The van der Waals surface area contributed by atoms with Crippen molar-refractivity contribution in [2.75, 3.05) is 7.11 Å². The highest BCUT2D eigenvalue weighted by atomic mass is 79.9. The quantitative estimate of drug-likeness (QED) is 0.470. The van der Waals surface area contributed by atoms with Gasteiger partial charge in [0.25, 0.3) is 0 Å². The fourth-order valence-corrected chi connectivity index (χ4v) is 3.40. The molecule has 0 fully saturated rings. The van der Waals surface area contributed by atoms with Gasteiger partial charge >= 0.3 is 0 Å². The lowest BCUT2D eigenvalue weighted by Crippen LogP contribution is -2.14. The van der Waals surface area contributed by atoms with Crippen molar-refractivity contribution in [1.29, 1.82) is 0 Å². The van der Waals surface area contributed by atoms with Crippen molar-refractivity contribution >= 4 is 15.9 Å². The molecule has 3 aromatic carbocycles. The average molecular weight is 440 g/mol. The second-order valence-corrected chi connectivity index (χ2v) is 7.78. The van der Waals surface area contributed by atoms with Gasteiger partial charge in [-0.1, -0.05) is 75.6 Å². The first kappa shape index (κ1) is 20.4. The van der Waals surface area contributed by atoms with Crippen LogP contribution in [0.2, 0.25) is 0 Å². The molecule has 3 nitrogen and oxygen atoms in total. The second kappa shape index (κ2) is 9.76. The van der Waals surface area contributed by atoms with Crippen LogP contribution in [0.5, 0.6) is 11.5 Å². The third-order valence-electron chi connectivity index (χ3n) is 4.64. The van der Waals surface area contributed by atoms with Crippen LogP contribution in [-0.4, -0.2) is 7.11 Å². The largest absolute Gasteiger partial charge is 0.493 e. The number of methoxy groups -OCH3 is 1. The van der Waals surface area contributed by atoms with E-state index in [0.717, 1.165) is 33.6 Å². The number of aryl methyl sites for hydroxylation is 2. The Morgan fingerprint density at radius 3 is 2.00 bits per heavy atom. The van der Waals surface area contributed by atoms with Crippen LogP contribution < -0.4 is 14.8 Å². The summed E-state index contributed by atoms with van der Waals surface area (Å²) in [6, 6.07) is 20.9. The van der Waals surface area contributed by atoms with Crippen LogP contribution in [0, 0.1) is 13.8 Å². The zero-order chi connectivity index (χ0) is 19.9. The Morgan fingerprint density at radius 2 is 1.39 bits per heavy atom. The van der Waals surface area contributed by atoms with Gasteiger partial charge in [0.15, 0.2) is 11.5 Å². The summed E-state index contributed by atoms with van der Waals surface area (Å²) >= 11 is 3.67. The SMILES string of the molecule is COc1ccc(Br)c(CNCc2ccc(C)cc2)c1OCc1ccc(C)cc1. The molecule has 0 radical (unpaired) electrons. The molecule has 0 unspecified atom stereocenters. The number of ether oxygens (including phenoxy) is 2. The number of halogens is 1. The molecule has 4 heteroatoms. The molecule has 0 aliphatic heterocycles. The molecular weight excluding hydrogens is 414 g/mol. The maximum atomic E-state index is 6.19. The van der Waals surface area contributed by atoms with Crippen molar-refractivity contribution in [2.45, 2.75) is 33.5 Å². The van der Waals surface area contributed by atoms with Crippen LogP contribution in [-0.2, 0) is 19.7 Å². The molecule has 0 amide bonds. The van der Waals surface area contributed by atoms with Crippen molar-refractivity contribution in [3.05, 3.63) is 93.0 Å². The Balaban J connectivity index is 1.73. The Kier molecular flexibility index (Phi) is 7.12. The zero-order valence-corrected chi connectivity index (χ0v) is 18.2. The minimum Gasteiger partial charge on any atom is -0.493 e. The predicted molar refractivity (Wildman–Crippen MR) is 118 cm³/mol. The molecule has 3 aromatic rings. The van der Waals surface area contributed by atoms with Crippen LogP contribution in [0.1, 0.15) is 27.8 Å². The molecule has 0 bridgehead atoms. The number of nitrogens with one attached hydrogen (secondary N) is 1. The molecule has 0 spiro atoms. The van der Waals surface area contributed by atoms with Crippen LogP contribution in [0.15, 0.2) is 65.1 Å². The van der Waals surface area contributed by atoms with Crippen LogP contribution in [0.4, 0.5) is 0 Å². The second-order valence-electron chi connectivity index (χ2n) is 6.92.